The molecule has 0 aliphatic rings. The van der Waals surface area contributed by atoms with Crippen LogP contribution in [0.2, 0.25) is 0 Å². The monoisotopic (exact) mass is 420 g/mol. The van der Waals surface area contributed by atoms with E-state index in [2.05, 4.69) is 28.6 Å². The van der Waals surface area contributed by atoms with Crippen LogP contribution >= 0.6 is 12.6 Å². The molecule has 0 radical (unpaired) electrons. The van der Waals surface area contributed by atoms with Crippen LogP contribution in [0.25, 0.3) is 0 Å². The number of carboxylic acid groups (broad SMARTS) is 2. The van der Waals surface area contributed by atoms with E-state index in [0.717, 1.165) is 0 Å². The standard InChI is InChI=1S/C16H28N4O7S/c1-3-8(2)13(20-14(25)9(17)4-5-11(21)22)16(27)19-10(7-28)15(26)18-6-12(23)24/h8-10,13,28H,3-7,17H2,1-2H3,(H,18,26)(H,19,27)(H,20,25)(H,21,22)(H,23,24). The summed E-state index contributed by atoms with van der Waals surface area (Å²) in [6, 6.07) is -3.21. The Morgan fingerprint density at radius 2 is 1.61 bits per heavy atom. The Hall–Kier alpha value is -2.34. The van der Waals surface area contributed by atoms with E-state index in [1.54, 1.807) is 13.8 Å². The van der Waals surface area contributed by atoms with Gasteiger partial charge in [0.1, 0.15) is 18.6 Å². The van der Waals surface area contributed by atoms with Crippen LogP contribution in [-0.4, -0.2) is 70.3 Å². The molecule has 0 aromatic heterocycles. The zero-order valence-electron chi connectivity index (χ0n) is 15.8. The molecule has 0 aromatic carbocycles. The number of nitrogens with one attached hydrogen (secondary N) is 3. The number of aliphatic carboxylic acids is 2. The summed E-state index contributed by atoms with van der Waals surface area (Å²) in [6.07, 6.45) is 0.145. The highest BCUT2D eigenvalue weighted by Crippen LogP contribution is 2.09. The molecule has 12 heteroatoms. The molecule has 7 N–H and O–H groups in total. The van der Waals surface area contributed by atoms with Crippen molar-refractivity contribution in [2.75, 3.05) is 12.3 Å². The molecule has 0 heterocycles. The van der Waals surface area contributed by atoms with Crippen molar-refractivity contribution in [2.45, 2.75) is 51.2 Å². The van der Waals surface area contributed by atoms with Crippen molar-refractivity contribution in [1.29, 1.82) is 0 Å². The van der Waals surface area contributed by atoms with Crippen molar-refractivity contribution in [2.24, 2.45) is 11.7 Å². The van der Waals surface area contributed by atoms with Crippen molar-refractivity contribution >= 4 is 42.3 Å². The average Bonchev–Trinajstić information content (AvgIpc) is 2.64. The fourth-order valence-corrected chi connectivity index (χ4v) is 2.37. The lowest BCUT2D eigenvalue weighted by Crippen LogP contribution is -2.58. The number of thiol groups is 1. The Balaban J connectivity index is 5.05. The number of hydrogen-bond donors (Lipinski definition) is 7. The number of nitrogens with two attached hydrogens (primary N) is 1. The summed E-state index contributed by atoms with van der Waals surface area (Å²) in [5, 5.41) is 24.3. The maximum atomic E-state index is 12.6. The fourth-order valence-electron chi connectivity index (χ4n) is 2.11. The Morgan fingerprint density at radius 3 is 2.07 bits per heavy atom. The van der Waals surface area contributed by atoms with Gasteiger partial charge in [-0.1, -0.05) is 20.3 Å². The first-order valence-electron chi connectivity index (χ1n) is 8.71. The zero-order valence-corrected chi connectivity index (χ0v) is 16.7. The molecule has 3 amide bonds. The quantitative estimate of drug-likeness (QED) is 0.172. The summed E-state index contributed by atoms with van der Waals surface area (Å²) < 4.78 is 0. The summed E-state index contributed by atoms with van der Waals surface area (Å²) in [5.41, 5.74) is 5.66. The molecule has 0 saturated heterocycles. The minimum atomic E-state index is -1.24. The summed E-state index contributed by atoms with van der Waals surface area (Å²) >= 11 is 3.98. The molecule has 160 valence electrons. The highest BCUT2D eigenvalue weighted by Gasteiger charge is 2.30. The number of carbonyl (C=O) groups excluding carboxylic acids is 3. The van der Waals surface area contributed by atoms with E-state index >= 15 is 0 Å². The minimum Gasteiger partial charge on any atom is -0.481 e. The van der Waals surface area contributed by atoms with E-state index in [1.807, 2.05) is 0 Å². The summed E-state index contributed by atoms with van der Waals surface area (Å²) in [4.78, 5) is 57.9. The van der Waals surface area contributed by atoms with Gasteiger partial charge in [0, 0.05) is 12.2 Å². The van der Waals surface area contributed by atoms with Crippen LogP contribution in [0.4, 0.5) is 0 Å². The SMILES string of the molecule is CCC(C)C(NC(=O)C(N)CCC(=O)O)C(=O)NC(CS)C(=O)NCC(=O)O. The van der Waals surface area contributed by atoms with Crippen molar-refractivity contribution < 1.29 is 34.2 Å². The average molecular weight is 420 g/mol. The number of rotatable bonds is 13. The zero-order chi connectivity index (χ0) is 21.9. The van der Waals surface area contributed by atoms with E-state index in [0.29, 0.717) is 6.42 Å². The van der Waals surface area contributed by atoms with Crippen LogP contribution < -0.4 is 21.7 Å². The third kappa shape index (κ3) is 9.55. The molecule has 11 nitrogen and oxygen atoms in total. The molecular formula is C16H28N4O7S. The van der Waals surface area contributed by atoms with Crippen LogP contribution in [0.15, 0.2) is 0 Å². The van der Waals surface area contributed by atoms with Gasteiger partial charge in [-0.2, -0.15) is 12.6 Å². The van der Waals surface area contributed by atoms with Gasteiger partial charge in [-0.15, -0.1) is 0 Å². The van der Waals surface area contributed by atoms with Gasteiger partial charge in [-0.25, -0.2) is 0 Å². The number of carboxylic acids is 2. The molecule has 0 rings (SSSR count). The Labute approximate surface area is 168 Å². The van der Waals surface area contributed by atoms with E-state index in [4.69, 9.17) is 15.9 Å². The van der Waals surface area contributed by atoms with Crippen LogP contribution in [0.1, 0.15) is 33.1 Å². The lowest BCUT2D eigenvalue weighted by molar-refractivity contribution is -0.139. The van der Waals surface area contributed by atoms with Gasteiger partial charge in [0.15, 0.2) is 0 Å². The van der Waals surface area contributed by atoms with E-state index in [-0.39, 0.29) is 24.5 Å². The summed E-state index contributed by atoms with van der Waals surface area (Å²) in [6.45, 7) is 2.91. The summed E-state index contributed by atoms with van der Waals surface area (Å²) in [5.74, 6) is -4.79. The number of hydrogen-bond acceptors (Lipinski definition) is 7. The predicted molar refractivity (Wildman–Crippen MR) is 103 cm³/mol. The molecular weight excluding hydrogens is 392 g/mol. The van der Waals surface area contributed by atoms with Crippen molar-refractivity contribution in [3.8, 4) is 0 Å². The molecule has 28 heavy (non-hydrogen) atoms. The topological polar surface area (TPSA) is 188 Å². The predicted octanol–water partition coefficient (Wildman–Crippen LogP) is -1.68. The maximum Gasteiger partial charge on any atom is 0.322 e. The van der Waals surface area contributed by atoms with Crippen molar-refractivity contribution in [3.05, 3.63) is 0 Å². The third-order valence-electron chi connectivity index (χ3n) is 4.03. The van der Waals surface area contributed by atoms with Crippen LogP contribution in [-0.2, 0) is 24.0 Å². The highest BCUT2D eigenvalue weighted by atomic mass is 32.1. The second kappa shape index (κ2) is 12.9. The van der Waals surface area contributed by atoms with Gasteiger partial charge in [-0.3, -0.25) is 24.0 Å². The van der Waals surface area contributed by atoms with Crippen LogP contribution in [0.3, 0.4) is 0 Å². The fraction of sp³-hybridized carbons (Fsp3) is 0.688. The number of amides is 3. The first-order valence-corrected chi connectivity index (χ1v) is 9.35. The minimum absolute atomic E-state index is 0.0868. The first-order chi connectivity index (χ1) is 13.0. The molecule has 0 aliphatic heterocycles. The molecule has 0 saturated carbocycles. The molecule has 0 bridgehead atoms. The lowest BCUT2D eigenvalue weighted by atomic mass is 9.97. The Bertz CT molecular complexity index is 587. The normalized spacial score (nSPS) is 14.9. The highest BCUT2D eigenvalue weighted by molar-refractivity contribution is 7.80. The lowest BCUT2D eigenvalue weighted by Gasteiger charge is -2.27. The molecule has 0 aromatic rings. The van der Waals surface area contributed by atoms with Gasteiger partial charge in [-0.05, 0) is 12.3 Å². The van der Waals surface area contributed by atoms with E-state index in [1.165, 1.54) is 0 Å². The van der Waals surface area contributed by atoms with Crippen molar-refractivity contribution in [1.82, 2.24) is 16.0 Å². The Morgan fingerprint density at radius 1 is 1.00 bits per heavy atom. The summed E-state index contributed by atoms with van der Waals surface area (Å²) in [7, 11) is 0. The first kappa shape index (κ1) is 25.7. The van der Waals surface area contributed by atoms with E-state index < -0.39 is 54.3 Å². The largest absolute Gasteiger partial charge is 0.481 e. The smallest absolute Gasteiger partial charge is 0.322 e. The second-order valence-corrected chi connectivity index (χ2v) is 6.63. The molecule has 0 aliphatic carbocycles. The van der Waals surface area contributed by atoms with Gasteiger partial charge in [0.05, 0.1) is 6.04 Å². The molecule has 4 atom stereocenters. The van der Waals surface area contributed by atoms with Gasteiger partial charge < -0.3 is 31.9 Å². The third-order valence-corrected chi connectivity index (χ3v) is 4.39. The van der Waals surface area contributed by atoms with Gasteiger partial charge in [0.25, 0.3) is 0 Å². The molecule has 4 unspecified atom stereocenters. The van der Waals surface area contributed by atoms with Crippen LogP contribution in [0.5, 0.6) is 0 Å². The maximum absolute atomic E-state index is 12.6. The van der Waals surface area contributed by atoms with Gasteiger partial charge >= 0.3 is 11.9 Å². The Kier molecular flexibility index (Phi) is 11.9. The molecule has 0 fully saturated rings. The van der Waals surface area contributed by atoms with Gasteiger partial charge in [0.2, 0.25) is 17.7 Å². The van der Waals surface area contributed by atoms with Crippen LogP contribution in [0, 0.1) is 5.92 Å². The number of carbonyl (C=O) groups is 5. The second-order valence-electron chi connectivity index (χ2n) is 6.27. The van der Waals surface area contributed by atoms with Crippen molar-refractivity contribution in [3.63, 3.8) is 0 Å². The molecule has 0 spiro atoms. The van der Waals surface area contributed by atoms with E-state index in [9.17, 15) is 24.0 Å².